The van der Waals surface area contributed by atoms with E-state index in [0.717, 1.165) is 36.9 Å². The molecule has 7 heteroatoms. The number of aromatic nitrogens is 2. The molecule has 0 spiro atoms. The first-order chi connectivity index (χ1) is 12.6. The molecule has 0 fully saturated rings. The maximum Gasteiger partial charge on any atom is 0.191 e. The zero-order valence-corrected chi connectivity index (χ0v) is 18.6. The SMILES string of the molecule is CN=C(NCCc1c[nH]c2ccccc12)NCC(C)c1c(C)noc1C.I. The summed E-state index contributed by atoms with van der Waals surface area (Å²) in [6, 6.07) is 8.37. The lowest BCUT2D eigenvalue weighted by atomic mass is 10.00. The molecule has 3 N–H and O–H groups in total. The highest BCUT2D eigenvalue weighted by Gasteiger charge is 2.16. The third kappa shape index (κ3) is 5.03. The second-order valence-electron chi connectivity index (χ2n) is 6.63. The largest absolute Gasteiger partial charge is 0.361 e. The number of para-hydroxylation sites is 1. The van der Waals surface area contributed by atoms with Gasteiger partial charge in [0.1, 0.15) is 5.76 Å². The molecule has 146 valence electrons. The van der Waals surface area contributed by atoms with Crippen LogP contribution in [0.25, 0.3) is 10.9 Å². The van der Waals surface area contributed by atoms with Crippen LogP contribution in [0.1, 0.15) is 35.4 Å². The summed E-state index contributed by atoms with van der Waals surface area (Å²) in [5.41, 5.74) is 4.62. The smallest absolute Gasteiger partial charge is 0.191 e. The zero-order chi connectivity index (χ0) is 18.5. The highest BCUT2D eigenvalue weighted by Crippen LogP contribution is 2.22. The van der Waals surface area contributed by atoms with Crippen molar-refractivity contribution in [1.29, 1.82) is 0 Å². The van der Waals surface area contributed by atoms with E-state index >= 15 is 0 Å². The van der Waals surface area contributed by atoms with E-state index < -0.39 is 0 Å². The van der Waals surface area contributed by atoms with Gasteiger partial charge in [0.05, 0.1) is 5.69 Å². The fraction of sp³-hybridized carbons (Fsp3) is 0.400. The highest BCUT2D eigenvalue weighted by atomic mass is 127. The van der Waals surface area contributed by atoms with Crippen LogP contribution < -0.4 is 10.6 Å². The van der Waals surface area contributed by atoms with Crippen molar-refractivity contribution in [2.24, 2.45) is 4.99 Å². The van der Waals surface area contributed by atoms with E-state index in [-0.39, 0.29) is 24.0 Å². The number of hydrogen-bond donors (Lipinski definition) is 3. The Morgan fingerprint density at radius 2 is 2.04 bits per heavy atom. The third-order valence-electron chi connectivity index (χ3n) is 4.74. The van der Waals surface area contributed by atoms with Gasteiger partial charge in [-0.2, -0.15) is 0 Å². The number of nitrogens with zero attached hydrogens (tertiary/aromatic N) is 2. The maximum absolute atomic E-state index is 5.26. The van der Waals surface area contributed by atoms with Crippen LogP contribution in [-0.4, -0.2) is 36.2 Å². The quantitative estimate of drug-likeness (QED) is 0.284. The first-order valence-electron chi connectivity index (χ1n) is 9.02. The van der Waals surface area contributed by atoms with Gasteiger partial charge in [0.15, 0.2) is 5.96 Å². The molecule has 0 aliphatic rings. The molecule has 0 aliphatic carbocycles. The summed E-state index contributed by atoms with van der Waals surface area (Å²) in [6.45, 7) is 7.70. The molecular formula is C20H28IN5O. The highest BCUT2D eigenvalue weighted by molar-refractivity contribution is 14.0. The van der Waals surface area contributed by atoms with Gasteiger partial charge in [-0.15, -0.1) is 24.0 Å². The second kappa shape index (κ2) is 9.77. The number of benzene rings is 1. The Morgan fingerprint density at radius 3 is 2.74 bits per heavy atom. The second-order valence-corrected chi connectivity index (χ2v) is 6.63. The standard InChI is InChI=1S/C20H27N5O.HI/c1-13(19-14(2)25-26-15(19)3)11-24-20(21-4)22-10-9-16-12-23-18-8-6-5-7-17(16)18;/h5-8,12-13,23H,9-11H2,1-4H3,(H2,21,22,24);1H. The molecular weight excluding hydrogens is 453 g/mol. The molecule has 0 saturated heterocycles. The van der Waals surface area contributed by atoms with Crippen molar-refractivity contribution in [3.05, 3.63) is 53.0 Å². The fourth-order valence-corrected chi connectivity index (χ4v) is 3.42. The first-order valence-corrected chi connectivity index (χ1v) is 9.02. The van der Waals surface area contributed by atoms with Gasteiger partial charge in [-0.25, -0.2) is 0 Å². The van der Waals surface area contributed by atoms with E-state index in [0.29, 0.717) is 5.92 Å². The minimum Gasteiger partial charge on any atom is -0.361 e. The molecule has 1 aromatic carbocycles. The Labute approximate surface area is 177 Å². The number of nitrogens with one attached hydrogen (secondary N) is 3. The van der Waals surface area contributed by atoms with E-state index in [4.69, 9.17) is 4.52 Å². The molecule has 2 heterocycles. The van der Waals surface area contributed by atoms with Crippen LogP contribution in [0.5, 0.6) is 0 Å². The summed E-state index contributed by atoms with van der Waals surface area (Å²) < 4.78 is 5.26. The first kappa shape index (κ1) is 21.3. The van der Waals surface area contributed by atoms with Crippen molar-refractivity contribution >= 4 is 40.8 Å². The lowest BCUT2D eigenvalue weighted by Crippen LogP contribution is -2.40. The number of fused-ring (bicyclic) bond motifs is 1. The van der Waals surface area contributed by atoms with Crippen LogP contribution >= 0.6 is 24.0 Å². The Bertz CT molecular complexity index is 879. The number of guanidine groups is 1. The number of aliphatic imine (C=N–C) groups is 1. The number of H-pyrrole nitrogens is 1. The summed E-state index contributed by atoms with van der Waals surface area (Å²) in [7, 11) is 1.79. The minimum absolute atomic E-state index is 0. The van der Waals surface area contributed by atoms with E-state index in [2.05, 4.69) is 57.1 Å². The number of aromatic amines is 1. The number of halogens is 1. The molecule has 0 bridgehead atoms. The van der Waals surface area contributed by atoms with E-state index in [1.165, 1.54) is 22.0 Å². The Balaban J connectivity index is 0.00000261. The van der Waals surface area contributed by atoms with Gasteiger partial charge in [-0.05, 0) is 31.9 Å². The van der Waals surface area contributed by atoms with Gasteiger partial charge >= 0.3 is 0 Å². The van der Waals surface area contributed by atoms with Crippen molar-refractivity contribution in [3.63, 3.8) is 0 Å². The Morgan fingerprint density at radius 1 is 1.26 bits per heavy atom. The zero-order valence-electron chi connectivity index (χ0n) is 16.3. The normalized spacial score (nSPS) is 12.7. The summed E-state index contributed by atoms with van der Waals surface area (Å²) >= 11 is 0. The predicted octanol–water partition coefficient (Wildman–Crippen LogP) is 3.90. The predicted molar refractivity (Wildman–Crippen MR) is 121 cm³/mol. The molecule has 6 nitrogen and oxygen atoms in total. The van der Waals surface area contributed by atoms with E-state index in [1.54, 1.807) is 7.05 Å². The van der Waals surface area contributed by atoms with Crippen LogP contribution in [0.2, 0.25) is 0 Å². The van der Waals surface area contributed by atoms with Gasteiger partial charge < -0.3 is 20.1 Å². The molecule has 2 aromatic heterocycles. The monoisotopic (exact) mass is 481 g/mol. The number of hydrogen-bond acceptors (Lipinski definition) is 3. The van der Waals surface area contributed by atoms with Gasteiger partial charge in [-0.1, -0.05) is 30.3 Å². The lowest BCUT2D eigenvalue weighted by molar-refractivity contribution is 0.391. The summed E-state index contributed by atoms with van der Waals surface area (Å²) in [5.74, 6) is 2.00. The Hall–Kier alpha value is -2.03. The number of rotatable bonds is 6. The van der Waals surface area contributed by atoms with E-state index in [1.807, 2.05) is 19.9 Å². The molecule has 0 radical (unpaired) electrons. The summed E-state index contributed by atoms with van der Waals surface area (Å²) in [5, 5.41) is 12.1. The fourth-order valence-electron chi connectivity index (χ4n) is 3.42. The van der Waals surface area contributed by atoms with Crippen LogP contribution in [0, 0.1) is 13.8 Å². The summed E-state index contributed by atoms with van der Waals surface area (Å²) in [4.78, 5) is 7.63. The van der Waals surface area contributed by atoms with E-state index in [9.17, 15) is 0 Å². The minimum atomic E-state index is 0. The topological polar surface area (TPSA) is 78.2 Å². The van der Waals surface area contributed by atoms with Crippen molar-refractivity contribution in [2.45, 2.75) is 33.1 Å². The lowest BCUT2D eigenvalue weighted by Gasteiger charge is -2.16. The van der Waals surface area contributed by atoms with Crippen molar-refractivity contribution < 1.29 is 4.52 Å². The van der Waals surface area contributed by atoms with Crippen molar-refractivity contribution in [3.8, 4) is 0 Å². The molecule has 1 atom stereocenters. The third-order valence-corrected chi connectivity index (χ3v) is 4.74. The van der Waals surface area contributed by atoms with Crippen molar-refractivity contribution in [1.82, 2.24) is 20.8 Å². The Kier molecular flexibility index (Phi) is 7.70. The maximum atomic E-state index is 5.26. The molecule has 0 amide bonds. The van der Waals surface area contributed by atoms with Crippen LogP contribution in [-0.2, 0) is 6.42 Å². The van der Waals surface area contributed by atoms with Crippen LogP contribution in [0.4, 0.5) is 0 Å². The van der Waals surface area contributed by atoms with Gasteiger partial charge in [-0.3, -0.25) is 4.99 Å². The molecule has 3 aromatic rings. The van der Waals surface area contributed by atoms with Crippen molar-refractivity contribution in [2.75, 3.05) is 20.1 Å². The molecule has 0 aliphatic heterocycles. The van der Waals surface area contributed by atoms with Crippen LogP contribution in [0.15, 0.2) is 40.0 Å². The van der Waals surface area contributed by atoms with Crippen LogP contribution in [0.3, 0.4) is 0 Å². The van der Waals surface area contributed by atoms with Gasteiger partial charge in [0.25, 0.3) is 0 Å². The average molecular weight is 481 g/mol. The summed E-state index contributed by atoms with van der Waals surface area (Å²) in [6.07, 6.45) is 3.02. The number of aryl methyl sites for hydroxylation is 2. The molecule has 1 unspecified atom stereocenters. The molecule has 0 saturated carbocycles. The molecule has 27 heavy (non-hydrogen) atoms. The molecule has 3 rings (SSSR count). The average Bonchev–Trinajstić information content (AvgIpc) is 3.21. The van der Waals surface area contributed by atoms with Gasteiger partial charge in [0.2, 0.25) is 0 Å². The van der Waals surface area contributed by atoms with Gasteiger partial charge in [0, 0.05) is 48.7 Å².